The molecule has 0 aliphatic heterocycles. The SMILES string of the molecule is Cc1ccc(F)cc1NC(=O)CSc1nnc([C@@H](C)NC(=O)c2ccc(Cl)c(Cl)c2)n1C. The molecule has 3 rings (SSSR count). The zero-order valence-corrected chi connectivity index (χ0v) is 19.8. The molecule has 0 spiro atoms. The third-order valence-electron chi connectivity index (χ3n) is 4.59. The molecule has 2 amide bonds. The van der Waals surface area contributed by atoms with Crippen LogP contribution in [0.4, 0.5) is 10.1 Å². The summed E-state index contributed by atoms with van der Waals surface area (Å²) in [6, 6.07) is 8.37. The number of carbonyl (C=O) groups is 2. The first-order chi connectivity index (χ1) is 15.2. The van der Waals surface area contributed by atoms with Crippen molar-refractivity contribution in [3.63, 3.8) is 0 Å². The molecule has 0 saturated heterocycles. The topological polar surface area (TPSA) is 88.9 Å². The zero-order chi connectivity index (χ0) is 23.4. The van der Waals surface area contributed by atoms with Gasteiger partial charge in [-0.2, -0.15) is 0 Å². The number of thioether (sulfide) groups is 1. The first kappa shape index (κ1) is 24.0. The van der Waals surface area contributed by atoms with E-state index in [9.17, 15) is 14.0 Å². The van der Waals surface area contributed by atoms with Gasteiger partial charge in [-0.15, -0.1) is 10.2 Å². The number of hydrogen-bond donors (Lipinski definition) is 2. The van der Waals surface area contributed by atoms with E-state index in [2.05, 4.69) is 20.8 Å². The van der Waals surface area contributed by atoms with Gasteiger partial charge in [0.05, 0.1) is 21.8 Å². The van der Waals surface area contributed by atoms with Crippen LogP contribution in [0.2, 0.25) is 10.0 Å². The molecule has 32 heavy (non-hydrogen) atoms. The minimum Gasteiger partial charge on any atom is -0.342 e. The van der Waals surface area contributed by atoms with E-state index in [1.807, 2.05) is 0 Å². The van der Waals surface area contributed by atoms with Crippen LogP contribution >= 0.6 is 35.0 Å². The fourth-order valence-corrected chi connectivity index (χ4v) is 3.87. The van der Waals surface area contributed by atoms with Crippen molar-refractivity contribution in [2.45, 2.75) is 25.0 Å². The number of amides is 2. The Kier molecular flexibility index (Phi) is 7.76. The average molecular weight is 496 g/mol. The zero-order valence-electron chi connectivity index (χ0n) is 17.4. The Balaban J connectivity index is 1.60. The number of benzene rings is 2. The quantitative estimate of drug-likeness (QED) is 0.460. The van der Waals surface area contributed by atoms with Crippen LogP contribution in [0, 0.1) is 12.7 Å². The average Bonchev–Trinajstić information content (AvgIpc) is 3.11. The van der Waals surface area contributed by atoms with Crippen molar-refractivity contribution in [3.8, 4) is 0 Å². The largest absolute Gasteiger partial charge is 0.342 e. The van der Waals surface area contributed by atoms with Crippen LogP contribution < -0.4 is 10.6 Å². The van der Waals surface area contributed by atoms with Gasteiger partial charge >= 0.3 is 0 Å². The Hall–Kier alpha value is -2.62. The number of rotatable bonds is 7. The summed E-state index contributed by atoms with van der Waals surface area (Å²) in [6.45, 7) is 3.55. The Bertz CT molecular complexity index is 1170. The van der Waals surface area contributed by atoms with Crippen LogP contribution in [0.3, 0.4) is 0 Å². The van der Waals surface area contributed by atoms with Gasteiger partial charge in [-0.05, 0) is 49.7 Å². The minimum absolute atomic E-state index is 0.0614. The van der Waals surface area contributed by atoms with Crippen LogP contribution in [0.1, 0.15) is 34.7 Å². The highest BCUT2D eigenvalue weighted by atomic mass is 35.5. The lowest BCUT2D eigenvalue weighted by atomic mass is 10.2. The molecule has 0 bridgehead atoms. The summed E-state index contributed by atoms with van der Waals surface area (Å²) < 4.78 is 15.1. The first-order valence-electron chi connectivity index (χ1n) is 9.49. The van der Waals surface area contributed by atoms with Crippen molar-refractivity contribution in [1.29, 1.82) is 0 Å². The maximum absolute atomic E-state index is 13.4. The smallest absolute Gasteiger partial charge is 0.251 e. The third kappa shape index (κ3) is 5.79. The van der Waals surface area contributed by atoms with E-state index >= 15 is 0 Å². The van der Waals surface area contributed by atoms with Gasteiger partial charge in [0.25, 0.3) is 5.91 Å². The number of aromatic nitrogens is 3. The molecule has 0 fully saturated rings. The van der Waals surface area contributed by atoms with Gasteiger partial charge in [-0.25, -0.2) is 4.39 Å². The Morgan fingerprint density at radius 2 is 1.91 bits per heavy atom. The highest BCUT2D eigenvalue weighted by molar-refractivity contribution is 7.99. The highest BCUT2D eigenvalue weighted by Crippen LogP contribution is 2.24. The van der Waals surface area contributed by atoms with E-state index in [1.165, 1.54) is 30.0 Å². The van der Waals surface area contributed by atoms with E-state index in [4.69, 9.17) is 23.2 Å². The molecule has 0 aliphatic carbocycles. The molecule has 1 atom stereocenters. The van der Waals surface area contributed by atoms with Crippen molar-refractivity contribution in [1.82, 2.24) is 20.1 Å². The summed E-state index contributed by atoms with van der Waals surface area (Å²) >= 11 is 13.0. The summed E-state index contributed by atoms with van der Waals surface area (Å²) in [6.07, 6.45) is 0. The number of nitrogens with zero attached hydrogens (tertiary/aromatic N) is 3. The summed E-state index contributed by atoms with van der Waals surface area (Å²) in [5.74, 6) is -0.477. The molecular formula is C21H20Cl2FN5O2S. The number of nitrogens with one attached hydrogen (secondary N) is 2. The molecule has 0 unspecified atom stereocenters. The van der Waals surface area contributed by atoms with Gasteiger partial charge in [0.1, 0.15) is 5.82 Å². The maximum atomic E-state index is 13.4. The van der Waals surface area contributed by atoms with Crippen LogP contribution in [-0.4, -0.2) is 32.3 Å². The summed E-state index contributed by atoms with van der Waals surface area (Å²) in [5.41, 5.74) is 1.55. The van der Waals surface area contributed by atoms with Crippen molar-refractivity contribution in [2.24, 2.45) is 7.05 Å². The Labute approximate surface area is 198 Å². The van der Waals surface area contributed by atoms with Crippen molar-refractivity contribution in [3.05, 3.63) is 69.2 Å². The van der Waals surface area contributed by atoms with E-state index in [-0.39, 0.29) is 22.6 Å². The van der Waals surface area contributed by atoms with Gasteiger partial charge in [0.2, 0.25) is 5.91 Å². The predicted molar refractivity (Wildman–Crippen MR) is 124 cm³/mol. The van der Waals surface area contributed by atoms with Gasteiger partial charge in [-0.1, -0.05) is 41.0 Å². The second-order valence-electron chi connectivity index (χ2n) is 7.02. The van der Waals surface area contributed by atoms with Gasteiger partial charge < -0.3 is 15.2 Å². The highest BCUT2D eigenvalue weighted by Gasteiger charge is 2.19. The predicted octanol–water partition coefficient (Wildman–Crippen LogP) is 4.79. The molecule has 1 heterocycles. The molecule has 0 radical (unpaired) electrons. The lowest BCUT2D eigenvalue weighted by molar-refractivity contribution is -0.113. The van der Waals surface area contributed by atoms with Crippen LogP contribution in [0.5, 0.6) is 0 Å². The molecule has 0 saturated carbocycles. The number of anilines is 1. The number of carbonyl (C=O) groups excluding carboxylic acids is 2. The standard InChI is InChI=1S/C21H20Cl2FN5O2S/c1-11-4-6-14(24)9-17(11)26-18(30)10-32-21-28-27-19(29(21)3)12(2)25-20(31)13-5-7-15(22)16(23)8-13/h4-9,12H,10H2,1-3H3,(H,25,31)(H,26,30)/t12-/m1/s1. The van der Waals surface area contributed by atoms with Crippen molar-refractivity contribution in [2.75, 3.05) is 11.1 Å². The van der Waals surface area contributed by atoms with Crippen molar-refractivity contribution < 1.29 is 14.0 Å². The van der Waals surface area contributed by atoms with E-state index < -0.39 is 11.9 Å². The minimum atomic E-state index is -0.451. The molecule has 168 valence electrons. The van der Waals surface area contributed by atoms with E-state index in [0.29, 0.717) is 27.3 Å². The second-order valence-corrected chi connectivity index (χ2v) is 8.78. The monoisotopic (exact) mass is 495 g/mol. The molecule has 7 nitrogen and oxygen atoms in total. The van der Waals surface area contributed by atoms with E-state index in [1.54, 1.807) is 43.7 Å². The van der Waals surface area contributed by atoms with Gasteiger partial charge in [-0.3, -0.25) is 9.59 Å². The van der Waals surface area contributed by atoms with Gasteiger partial charge in [0, 0.05) is 18.3 Å². The normalized spacial score (nSPS) is 11.8. The summed E-state index contributed by atoms with van der Waals surface area (Å²) in [7, 11) is 1.74. The molecule has 1 aromatic heterocycles. The van der Waals surface area contributed by atoms with Crippen LogP contribution in [0.15, 0.2) is 41.6 Å². The van der Waals surface area contributed by atoms with Crippen LogP contribution in [-0.2, 0) is 11.8 Å². The van der Waals surface area contributed by atoms with E-state index in [0.717, 1.165) is 5.56 Å². The Morgan fingerprint density at radius 3 is 2.62 bits per heavy atom. The number of aryl methyl sites for hydroxylation is 1. The molecule has 0 aliphatic rings. The maximum Gasteiger partial charge on any atom is 0.251 e. The summed E-state index contributed by atoms with van der Waals surface area (Å²) in [5, 5.41) is 14.9. The first-order valence-corrected chi connectivity index (χ1v) is 11.2. The lowest BCUT2D eigenvalue weighted by Gasteiger charge is -2.14. The lowest BCUT2D eigenvalue weighted by Crippen LogP contribution is -2.28. The van der Waals surface area contributed by atoms with Crippen molar-refractivity contribution >= 4 is 52.5 Å². The van der Waals surface area contributed by atoms with Crippen LogP contribution in [0.25, 0.3) is 0 Å². The Morgan fingerprint density at radius 1 is 1.16 bits per heavy atom. The fraction of sp³-hybridized carbons (Fsp3) is 0.238. The molecule has 2 aromatic carbocycles. The van der Waals surface area contributed by atoms with Gasteiger partial charge in [0.15, 0.2) is 11.0 Å². The summed E-state index contributed by atoms with van der Waals surface area (Å²) in [4.78, 5) is 24.8. The molecule has 11 heteroatoms. The number of hydrogen-bond acceptors (Lipinski definition) is 5. The molecule has 3 aromatic rings. The molecule has 2 N–H and O–H groups in total. The second kappa shape index (κ2) is 10.3. The fourth-order valence-electron chi connectivity index (χ4n) is 2.86. The number of halogens is 3. The molecular weight excluding hydrogens is 476 g/mol. The third-order valence-corrected chi connectivity index (χ3v) is 6.35.